The number of hydrogen-bond donors (Lipinski definition) is 0. The van der Waals surface area contributed by atoms with Gasteiger partial charge in [-0.15, -0.1) is 0 Å². The molecule has 0 atom stereocenters. The predicted molar refractivity (Wildman–Crippen MR) is 62.6 cm³/mol. The third kappa shape index (κ3) is 1.31. The molecule has 74 valence electrons. The van der Waals surface area contributed by atoms with Gasteiger partial charge in [0.05, 0.1) is 0 Å². The fourth-order valence-electron chi connectivity index (χ4n) is 1.53. The minimum Gasteiger partial charge on any atom is -0.756 e. The minimum atomic E-state index is 0.451. The number of aromatic nitrogens is 2. The van der Waals surface area contributed by atoms with E-state index in [1.807, 2.05) is 18.2 Å². The van der Waals surface area contributed by atoms with Crippen molar-refractivity contribution >= 4 is 50.6 Å². The summed E-state index contributed by atoms with van der Waals surface area (Å²) < 4.78 is 6.58. The molecule has 15 heavy (non-hydrogen) atoms. The molecule has 3 rings (SSSR count). The molecular formula is C10H4BrN2OS-. The van der Waals surface area contributed by atoms with Gasteiger partial charge in [-0.1, -0.05) is 15.9 Å². The zero-order chi connectivity index (χ0) is 10.4. The fraction of sp³-hybridized carbons (Fsp3) is 0. The maximum atomic E-state index is 5.59. The number of nitrogens with zero attached hydrogens (tertiary/aromatic N) is 2. The summed E-state index contributed by atoms with van der Waals surface area (Å²) >= 11 is 8.48. The van der Waals surface area contributed by atoms with Gasteiger partial charge in [-0.05, 0) is 23.2 Å². The second-order valence-corrected chi connectivity index (χ2v) is 4.40. The van der Waals surface area contributed by atoms with Gasteiger partial charge in [-0.3, -0.25) is 4.98 Å². The smallest absolute Gasteiger partial charge is 0.152 e. The van der Waals surface area contributed by atoms with Gasteiger partial charge in [0.15, 0.2) is 5.58 Å². The summed E-state index contributed by atoms with van der Waals surface area (Å²) in [5.41, 5.74) is 2.13. The molecule has 0 N–H and O–H groups in total. The molecule has 3 nitrogen and oxygen atoms in total. The lowest BCUT2D eigenvalue weighted by molar-refractivity contribution is 0.653. The van der Waals surface area contributed by atoms with Crippen LogP contribution in [0, 0.1) is 0 Å². The molecular weight excluding hydrogens is 276 g/mol. The van der Waals surface area contributed by atoms with E-state index in [1.165, 1.54) is 6.33 Å². The molecule has 0 aliphatic rings. The van der Waals surface area contributed by atoms with Crippen LogP contribution in [0.5, 0.6) is 0 Å². The molecule has 3 aromatic rings. The van der Waals surface area contributed by atoms with Gasteiger partial charge in [0.2, 0.25) is 0 Å². The molecule has 1 aromatic carbocycles. The maximum absolute atomic E-state index is 5.59. The van der Waals surface area contributed by atoms with Crippen LogP contribution in [0.1, 0.15) is 0 Å². The first kappa shape index (κ1) is 9.06. The summed E-state index contributed by atoms with van der Waals surface area (Å²) in [7, 11) is 0. The van der Waals surface area contributed by atoms with E-state index in [0.717, 1.165) is 21.0 Å². The Hall–Kier alpha value is -1.20. The van der Waals surface area contributed by atoms with Gasteiger partial charge in [0.1, 0.15) is 17.4 Å². The molecule has 0 unspecified atom stereocenters. The van der Waals surface area contributed by atoms with E-state index in [9.17, 15) is 0 Å². The highest BCUT2D eigenvalue weighted by atomic mass is 79.9. The van der Waals surface area contributed by atoms with Gasteiger partial charge in [-0.25, -0.2) is 4.98 Å². The van der Waals surface area contributed by atoms with Crippen molar-refractivity contribution in [3.05, 3.63) is 29.0 Å². The molecule has 5 heteroatoms. The summed E-state index contributed by atoms with van der Waals surface area (Å²) in [5, 5.41) is 1.40. The first-order valence-corrected chi connectivity index (χ1v) is 5.45. The summed E-state index contributed by atoms with van der Waals surface area (Å²) in [6.45, 7) is 0. The van der Waals surface area contributed by atoms with E-state index >= 15 is 0 Å². The average molecular weight is 280 g/mol. The number of fused-ring (bicyclic) bond motifs is 3. The normalized spacial score (nSPS) is 11.3. The Labute approximate surface area is 99.1 Å². The van der Waals surface area contributed by atoms with E-state index in [0.29, 0.717) is 10.6 Å². The SMILES string of the molecule is [S-]c1ncnc2c1oc1ccc(Br)cc12. The van der Waals surface area contributed by atoms with E-state index in [-0.39, 0.29) is 0 Å². The van der Waals surface area contributed by atoms with Crippen LogP contribution < -0.4 is 0 Å². The van der Waals surface area contributed by atoms with E-state index in [2.05, 4.69) is 25.9 Å². The van der Waals surface area contributed by atoms with Crippen LogP contribution in [-0.2, 0) is 12.6 Å². The largest absolute Gasteiger partial charge is 0.756 e. The summed E-state index contributed by atoms with van der Waals surface area (Å²) in [5.74, 6) is 0. The number of halogens is 1. The maximum Gasteiger partial charge on any atom is 0.152 e. The van der Waals surface area contributed by atoms with Crippen LogP contribution in [0.25, 0.3) is 22.1 Å². The Bertz CT molecular complexity index is 665. The van der Waals surface area contributed by atoms with Crippen molar-refractivity contribution in [3.63, 3.8) is 0 Å². The van der Waals surface area contributed by atoms with Crippen molar-refractivity contribution in [1.29, 1.82) is 0 Å². The minimum absolute atomic E-state index is 0.451. The lowest BCUT2D eigenvalue weighted by atomic mass is 10.2. The summed E-state index contributed by atoms with van der Waals surface area (Å²) in [4.78, 5) is 8.10. The van der Waals surface area contributed by atoms with E-state index < -0.39 is 0 Å². The zero-order valence-electron chi connectivity index (χ0n) is 7.40. The quantitative estimate of drug-likeness (QED) is 0.468. The van der Waals surface area contributed by atoms with Crippen molar-refractivity contribution in [2.45, 2.75) is 5.03 Å². The number of furan rings is 1. The molecule has 0 aliphatic heterocycles. The van der Waals surface area contributed by atoms with Crippen molar-refractivity contribution in [1.82, 2.24) is 9.97 Å². The highest BCUT2D eigenvalue weighted by Crippen LogP contribution is 2.30. The summed E-state index contributed by atoms with van der Waals surface area (Å²) in [6, 6.07) is 5.76. The van der Waals surface area contributed by atoms with Gasteiger partial charge in [-0.2, -0.15) is 0 Å². The highest BCUT2D eigenvalue weighted by Gasteiger charge is 2.08. The topological polar surface area (TPSA) is 38.9 Å². The van der Waals surface area contributed by atoms with Crippen molar-refractivity contribution < 1.29 is 4.42 Å². The highest BCUT2D eigenvalue weighted by molar-refractivity contribution is 9.10. The zero-order valence-corrected chi connectivity index (χ0v) is 9.80. The lowest BCUT2D eigenvalue weighted by Gasteiger charge is -2.00. The molecule has 0 bridgehead atoms. The molecule has 2 aromatic heterocycles. The van der Waals surface area contributed by atoms with Gasteiger partial charge in [0, 0.05) is 9.86 Å². The Morgan fingerprint density at radius 3 is 3.00 bits per heavy atom. The van der Waals surface area contributed by atoms with Crippen molar-refractivity contribution in [2.75, 3.05) is 0 Å². The van der Waals surface area contributed by atoms with Crippen LogP contribution in [0.2, 0.25) is 0 Å². The molecule has 0 amide bonds. The van der Waals surface area contributed by atoms with Crippen LogP contribution >= 0.6 is 15.9 Å². The Morgan fingerprint density at radius 2 is 2.13 bits per heavy atom. The third-order valence-electron chi connectivity index (χ3n) is 2.18. The number of hydrogen-bond acceptors (Lipinski definition) is 4. The second-order valence-electron chi connectivity index (χ2n) is 3.10. The summed E-state index contributed by atoms with van der Waals surface area (Å²) in [6.07, 6.45) is 1.46. The first-order valence-electron chi connectivity index (χ1n) is 4.25. The van der Waals surface area contributed by atoms with Crippen LogP contribution in [0.3, 0.4) is 0 Å². The lowest BCUT2D eigenvalue weighted by Crippen LogP contribution is -1.82. The van der Waals surface area contributed by atoms with Crippen LogP contribution in [0.4, 0.5) is 0 Å². The molecule has 0 spiro atoms. The van der Waals surface area contributed by atoms with Gasteiger partial charge in [0.25, 0.3) is 0 Å². The Kier molecular flexibility index (Phi) is 1.90. The molecule has 0 aliphatic carbocycles. The third-order valence-corrected chi connectivity index (χ3v) is 2.96. The second kappa shape index (κ2) is 3.15. The predicted octanol–water partition coefficient (Wildman–Crippen LogP) is 3.04. The number of rotatable bonds is 0. The van der Waals surface area contributed by atoms with Crippen molar-refractivity contribution in [2.24, 2.45) is 0 Å². The monoisotopic (exact) mass is 279 g/mol. The first-order chi connectivity index (χ1) is 7.25. The molecule has 2 heterocycles. The number of benzene rings is 1. The van der Waals surface area contributed by atoms with Crippen LogP contribution in [0.15, 0.2) is 38.4 Å². The Balaban J connectivity index is 2.58. The van der Waals surface area contributed by atoms with Crippen molar-refractivity contribution in [3.8, 4) is 0 Å². The Morgan fingerprint density at radius 1 is 1.27 bits per heavy atom. The fourth-order valence-corrected chi connectivity index (χ4v) is 2.07. The van der Waals surface area contributed by atoms with E-state index in [4.69, 9.17) is 17.0 Å². The standard InChI is InChI=1S/C10H5BrN2OS/c11-5-1-2-7-6(3-5)8-9(14-7)10(15)13-4-12-8/h1-4H,(H,12,13,15)/p-1. The average Bonchev–Trinajstić information content (AvgIpc) is 2.58. The van der Waals surface area contributed by atoms with Gasteiger partial charge < -0.3 is 17.0 Å². The molecule has 0 radical (unpaired) electrons. The van der Waals surface area contributed by atoms with E-state index in [1.54, 1.807) is 0 Å². The molecule has 0 fully saturated rings. The van der Waals surface area contributed by atoms with Crippen LogP contribution in [-0.4, -0.2) is 9.97 Å². The molecule has 0 saturated carbocycles. The molecule has 0 saturated heterocycles. The van der Waals surface area contributed by atoms with Gasteiger partial charge >= 0.3 is 0 Å².